The van der Waals surface area contributed by atoms with Crippen molar-refractivity contribution in [3.05, 3.63) is 108 Å². The molecule has 0 aliphatic heterocycles. The highest BCUT2D eigenvalue weighted by Gasteiger charge is 2.15. The highest BCUT2D eigenvalue weighted by molar-refractivity contribution is 5.87. The van der Waals surface area contributed by atoms with Crippen LogP contribution in [0, 0.1) is 20.3 Å². The third kappa shape index (κ3) is 4.43. The van der Waals surface area contributed by atoms with Gasteiger partial charge in [-0.1, -0.05) is 53.6 Å². The summed E-state index contributed by atoms with van der Waals surface area (Å²) in [5.74, 6) is 2.58. The van der Waals surface area contributed by atoms with Crippen molar-refractivity contribution in [2.75, 3.05) is 7.11 Å². The zero-order valence-electron chi connectivity index (χ0n) is 17.1. The average Bonchev–Trinajstić information content (AvgIpc) is 2.73. The molecule has 0 unspecified atom stereocenters. The highest BCUT2D eigenvalue weighted by Crippen LogP contribution is 2.37. The van der Waals surface area contributed by atoms with Crippen LogP contribution in [0.15, 0.2) is 84.6 Å². The van der Waals surface area contributed by atoms with E-state index in [0.717, 1.165) is 29.3 Å². The summed E-state index contributed by atoms with van der Waals surface area (Å²) in [4.78, 5) is 0. The molecule has 0 fully saturated rings. The van der Waals surface area contributed by atoms with Gasteiger partial charge in [0.1, 0.15) is 17.3 Å². The van der Waals surface area contributed by atoms with E-state index in [2.05, 4.69) is 62.8 Å². The van der Waals surface area contributed by atoms with Gasteiger partial charge in [-0.15, -0.1) is 0 Å². The number of allylic oxidation sites excluding steroid dienone is 3. The van der Waals surface area contributed by atoms with E-state index in [-0.39, 0.29) is 0 Å². The molecule has 0 atom stereocenters. The molecule has 1 radical (unpaired) electrons. The minimum atomic E-state index is 0.840. The van der Waals surface area contributed by atoms with Crippen LogP contribution >= 0.6 is 0 Å². The summed E-state index contributed by atoms with van der Waals surface area (Å²) in [5, 5.41) is 0. The molecule has 29 heavy (non-hydrogen) atoms. The van der Waals surface area contributed by atoms with Crippen LogP contribution in [-0.2, 0) is 0 Å². The Hall–Kier alpha value is -3.26. The van der Waals surface area contributed by atoms with Gasteiger partial charge in [-0.05, 0) is 85.4 Å². The average molecular weight is 381 g/mol. The van der Waals surface area contributed by atoms with E-state index < -0.39 is 0 Å². The molecule has 4 rings (SSSR count). The summed E-state index contributed by atoms with van der Waals surface area (Å²) >= 11 is 0. The predicted molar refractivity (Wildman–Crippen MR) is 120 cm³/mol. The maximum Gasteiger partial charge on any atom is 0.127 e. The topological polar surface area (TPSA) is 18.5 Å². The van der Waals surface area contributed by atoms with Crippen molar-refractivity contribution in [3.8, 4) is 22.6 Å². The lowest BCUT2D eigenvalue weighted by Crippen LogP contribution is -2.01. The monoisotopic (exact) mass is 381 g/mol. The fraction of sp³-hybridized carbons (Fsp3) is 0.148. The van der Waals surface area contributed by atoms with E-state index in [9.17, 15) is 0 Å². The lowest BCUT2D eigenvalue weighted by molar-refractivity contribution is 0.415. The fourth-order valence-corrected chi connectivity index (χ4v) is 3.73. The van der Waals surface area contributed by atoms with E-state index in [1.54, 1.807) is 7.11 Å². The van der Waals surface area contributed by atoms with E-state index in [4.69, 9.17) is 9.47 Å². The molecule has 0 heterocycles. The molecule has 0 aromatic heterocycles. The Balaban J connectivity index is 1.75. The van der Waals surface area contributed by atoms with Gasteiger partial charge in [0, 0.05) is 0 Å². The zero-order valence-corrected chi connectivity index (χ0v) is 17.1. The lowest BCUT2D eigenvalue weighted by atomic mass is 9.89. The van der Waals surface area contributed by atoms with Crippen LogP contribution in [0.4, 0.5) is 0 Å². The zero-order chi connectivity index (χ0) is 20.2. The quantitative estimate of drug-likeness (QED) is 0.477. The molecule has 145 valence electrons. The maximum atomic E-state index is 6.08. The molecule has 0 amide bonds. The Bertz CT molecular complexity index is 1050. The second-order valence-electron chi connectivity index (χ2n) is 7.35. The van der Waals surface area contributed by atoms with Gasteiger partial charge < -0.3 is 9.47 Å². The van der Waals surface area contributed by atoms with Gasteiger partial charge in [-0.2, -0.15) is 0 Å². The largest absolute Gasteiger partial charge is 0.497 e. The highest BCUT2D eigenvalue weighted by atomic mass is 16.5. The molecule has 3 aromatic rings. The molecule has 2 heteroatoms. The van der Waals surface area contributed by atoms with Gasteiger partial charge >= 0.3 is 0 Å². The van der Waals surface area contributed by atoms with E-state index in [1.807, 2.05) is 36.4 Å². The molecule has 0 saturated carbocycles. The third-order valence-electron chi connectivity index (χ3n) is 5.00. The smallest absolute Gasteiger partial charge is 0.127 e. The molecule has 2 nitrogen and oxygen atoms in total. The molecule has 0 N–H and O–H groups in total. The van der Waals surface area contributed by atoms with Crippen molar-refractivity contribution in [3.63, 3.8) is 0 Å². The Kier molecular flexibility index (Phi) is 5.53. The van der Waals surface area contributed by atoms with Gasteiger partial charge in [0.25, 0.3) is 0 Å². The van der Waals surface area contributed by atoms with Crippen molar-refractivity contribution >= 4 is 5.57 Å². The van der Waals surface area contributed by atoms with Crippen LogP contribution in [0.3, 0.4) is 0 Å². The maximum absolute atomic E-state index is 6.08. The van der Waals surface area contributed by atoms with Crippen molar-refractivity contribution < 1.29 is 9.47 Å². The van der Waals surface area contributed by atoms with Gasteiger partial charge in [0.05, 0.1) is 7.11 Å². The Morgan fingerprint density at radius 1 is 0.759 bits per heavy atom. The molecular formula is C27H25O2. The molecule has 1 aliphatic rings. The van der Waals surface area contributed by atoms with Gasteiger partial charge in [0.15, 0.2) is 0 Å². The van der Waals surface area contributed by atoms with Gasteiger partial charge in [0.2, 0.25) is 0 Å². The number of hydrogen-bond acceptors (Lipinski definition) is 2. The summed E-state index contributed by atoms with van der Waals surface area (Å²) in [6.07, 6.45) is 7.30. The van der Waals surface area contributed by atoms with Crippen molar-refractivity contribution in [2.45, 2.75) is 20.3 Å². The first-order valence-corrected chi connectivity index (χ1v) is 9.87. The van der Waals surface area contributed by atoms with Crippen molar-refractivity contribution in [1.29, 1.82) is 0 Å². The predicted octanol–water partition coefficient (Wildman–Crippen LogP) is 6.93. The van der Waals surface area contributed by atoms with E-state index in [1.165, 1.54) is 27.8 Å². The summed E-state index contributed by atoms with van der Waals surface area (Å²) in [7, 11) is 1.71. The number of hydrogen-bond donors (Lipinski definition) is 0. The standard InChI is InChI=1S/C27H25O2/c1-19-14-20(2)16-22(15-19)27-18-24(28-3)12-13-26(27)21-8-7-11-25(17-21)29-23-9-5-4-6-10-23/h4-6,8-18H,7H2,1-3H3. The summed E-state index contributed by atoms with van der Waals surface area (Å²) in [6.45, 7) is 4.27. The van der Waals surface area contributed by atoms with Crippen molar-refractivity contribution in [1.82, 2.24) is 0 Å². The minimum Gasteiger partial charge on any atom is -0.497 e. The molecule has 1 aliphatic carbocycles. The van der Waals surface area contributed by atoms with Crippen LogP contribution < -0.4 is 9.47 Å². The third-order valence-corrected chi connectivity index (χ3v) is 5.00. The molecule has 0 spiro atoms. The minimum absolute atomic E-state index is 0.840. The SMILES string of the molecule is COc1ccc(C2=CC(Oc3ccccc3)=CC[CH]2)c(-c2cc(C)cc(C)c2)c1. The summed E-state index contributed by atoms with van der Waals surface area (Å²) < 4.78 is 11.6. The van der Waals surface area contributed by atoms with Gasteiger partial charge in [-0.3, -0.25) is 0 Å². The first kappa shape index (κ1) is 19.1. The Labute approximate surface area is 173 Å². The first-order valence-electron chi connectivity index (χ1n) is 9.87. The van der Waals surface area contributed by atoms with Crippen LogP contribution in [0.25, 0.3) is 16.7 Å². The number of methoxy groups -OCH3 is 1. The van der Waals surface area contributed by atoms with Crippen molar-refractivity contribution in [2.24, 2.45) is 0 Å². The lowest BCUT2D eigenvalue weighted by Gasteiger charge is -2.19. The number of rotatable bonds is 5. The molecule has 0 saturated heterocycles. The molecule has 0 bridgehead atoms. The van der Waals surface area contributed by atoms with E-state index in [0.29, 0.717) is 0 Å². The summed E-state index contributed by atoms with van der Waals surface area (Å²) in [5.41, 5.74) is 7.21. The first-order chi connectivity index (χ1) is 14.1. The summed E-state index contributed by atoms with van der Waals surface area (Å²) in [6, 6.07) is 22.8. The second-order valence-corrected chi connectivity index (χ2v) is 7.35. The molecular weight excluding hydrogens is 356 g/mol. The number of benzene rings is 3. The number of aryl methyl sites for hydroxylation is 2. The van der Waals surface area contributed by atoms with Crippen LogP contribution in [-0.4, -0.2) is 7.11 Å². The number of ether oxygens (including phenoxy) is 2. The van der Waals surface area contributed by atoms with E-state index >= 15 is 0 Å². The second kappa shape index (κ2) is 8.40. The Morgan fingerprint density at radius 2 is 1.52 bits per heavy atom. The molecule has 3 aromatic carbocycles. The van der Waals surface area contributed by atoms with Crippen LogP contribution in [0.2, 0.25) is 0 Å². The fourth-order valence-electron chi connectivity index (χ4n) is 3.73. The van der Waals surface area contributed by atoms with Gasteiger partial charge in [-0.25, -0.2) is 0 Å². The normalized spacial score (nSPS) is 13.5. The van der Waals surface area contributed by atoms with Crippen LogP contribution in [0.5, 0.6) is 11.5 Å². The Morgan fingerprint density at radius 3 is 2.24 bits per heavy atom. The van der Waals surface area contributed by atoms with Crippen LogP contribution in [0.1, 0.15) is 23.1 Å². The number of para-hydroxylation sites is 1.